The SMILES string of the molecule is C=C/C(=C(\N=C)c1ccccc1)c1cnc(NCCC)s1. The molecular weight excluding hydrogens is 278 g/mol. The van der Waals surface area contributed by atoms with E-state index in [-0.39, 0.29) is 0 Å². The van der Waals surface area contributed by atoms with E-state index in [1.165, 1.54) is 0 Å². The first-order chi connectivity index (χ1) is 10.3. The lowest BCUT2D eigenvalue weighted by molar-refractivity contribution is 0.976. The largest absolute Gasteiger partial charge is 0.362 e. The Kier molecular flexibility index (Phi) is 5.46. The van der Waals surface area contributed by atoms with Crippen molar-refractivity contribution in [2.24, 2.45) is 4.99 Å². The van der Waals surface area contributed by atoms with Crippen molar-refractivity contribution in [1.82, 2.24) is 4.98 Å². The standard InChI is InChI=1S/C17H19N3S/c1-4-11-19-17-20-12-15(21-17)14(5-2)16(18-3)13-9-7-6-8-10-13/h5-10,12H,2-4,11H2,1H3,(H,19,20)/b16-14+. The van der Waals surface area contributed by atoms with Gasteiger partial charge in [0.1, 0.15) is 0 Å². The summed E-state index contributed by atoms with van der Waals surface area (Å²) in [6.07, 6.45) is 4.74. The number of nitrogens with one attached hydrogen (secondary N) is 1. The number of anilines is 1. The second-order valence-corrected chi connectivity index (χ2v) is 5.48. The number of allylic oxidation sites excluding steroid dienone is 2. The van der Waals surface area contributed by atoms with Gasteiger partial charge in [0.25, 0.3) is 0 Å². The fourth-order valence-corrected chi connectivity index (χ4v) is 2.84. The van der Waals surface area contributed by atoms with Crippen molar-refractivity contribution in [3.8, 4) is 0 Å². The first kappa shape index (κ1) is 15.2. The fraction of sp³-hybridized carbons (Fsp3) is 0.176. The molecule has 108 valence electrons. The summed E-state index contributed by atoms with van der Waals surface area (Å²) in [5, 5.41) is 4.21. The van der Waals surface area contributed by atoms with Crippen molar-refractivity contribution in [2.75, 3.05) is 11.9 Å². The monoisotopic (exact) mass is 297 g/mol. The number of rotatable bonds is 7. The Bertz CT molecular complexity index is 641. The van der Waals surface area contributed by atoms with Crippen LogP contribution in [0.15, 0.2) is 54.2 Å². The predicted octanol–water partition coefficient (Wildman–Crippen LogP) is 4.72. The van der Waals surface area contributed by atoms with E-state index < -0.39 is 0 Å². The molecule has 1 heterocycles. The summed E-state index contributed by atoms with van der Waals surface area (Å²) in [7, 11) is 0. The number of hydrogen-bond donors (Lipinski definition) is 1. The van der Waals surface area contributed by atoms with Gasteiger partial charge in [-0.25, -0.2) is 4.98 Å². The van der Waals surface area contributed by atoms with Gasteiger partial charge in [-0.05, 0) is 13.1 Å². The highest BCUT2D eigenvalue weighted by Crippen LogP contribution is 2.32. The highest BCUT2D eigenvalue weighted by Gasteiger charge is 2.11. The minimum Gasteiger partial charge on any atom is -0.362 e. The molecule has 0 aliphatic rings. The lowest BCUT2D eigenvalue weighted by atomic mass is 10.1. The van der Waals surface area contributed by atoms with Gasteiger partial charge >= 0.3 is 0 Å². The van der Waals surface area contributed by atoms with Crippen LogP contribution in [0.1, 0.15) is 23.8 Å². The van der Waals surface area contributed by atoms with E-state index in [1.807, 2.05) is 42.6 Å². The molecule has 0 radical (unpaired) electrons. The van der Waals surface area contributed by atoms with E-state index >= 15 is 0 Å². The molecule has 1 N–H and O–H groups in total. The lowest BCUT2D eigenvalue weighted by Gasteiger charge is -2.06. The Morgan fingerprint density at radius 2 is 2.14 bits per heavy atom. The average molecular weight is 297 g/mol. The molecule has 0 amide bonds. The molecule has 1 aromatic heterocycles. The van der Waals surface area contributed by atoms with Gasteiger partial charge in [0.15, 0.2) is 5.13 Å². The molecule has 0 spiro atoms. The van der Waals surface area contributed by atoms with Gasteiger partial charge in [-0.3, -0.25) is 4.99 Å². The molecule has 0 bridgehead atoms. The van der Waals surface area contributed by atoms with Crippen LogP contribution in [0, 0.1) is 0 Å². The molecular formula is C17H19N3S. The van der Waals surface area contributed by atoms with Gasteiger partial charge in [-0.2, -0.15) is 0 Å². The maximum Gasteiger partial charge on any atom is 0.183 e. The zero-order chi connectivity index (χ0) is 15.1. The molecule has 0 fully saturated rings. The third kappa shape index (κ3) is 3.67. The zero-order valence-corrected chi connectivity index (χ0v) is 13.0. The maximum absolute atomic E-state index is 4.40. The second-order valence-electron chi connectivity index (χ2n) is 4.45. The molecule has 2 aromatic rings. The number of aromatic nitrogens is 1. The molecule has 3 nitrogen and oxygen atoms in total. The Balaban J connectivity index is 2.41. The van der Waals surface area contributed by atoms with Crippen LogP contribution < -0.4 is 5.32 Å². The molecule has 4 heteroatoms. The first-order valence-electron chi connectivity index (χ1n) is 6.89. The molecule has 1 aromatic carbocycles. The van der Waals surface area contributed by atoms with Crippen molar-refractivity contribution in [1.29, 1.82) is 0 Å². The average Bonchev–Trinajstić information content (AvgIpc) is 2.99. The predicted molar refractivity (Wildman–Crippen MR) is 93.9 cm³/mol. The van der Waals surface area contributed by atoms with Gasteiger partial charge < -0.3 is 5.32 Å². The summed E-state index contributed by atoms with van der Waals surface area (Å²) < 4.78 is 0. The van der Waals surface area contributed by atoms with Crippen LogP contribution in [0.3, 0.4) is 0 Å². The van der Waals surface area contributed by atoms with Crippen molar-refractivity contribution in [2.45, 2.75) is 13.3 Å². The van der Waals surface area contributed by atoms with Crippen LogP contribution in [-0.4, -0.2) is 18.2 Å². The van der Waals surface area contributed by atoms with Gasteiger partial charge in [0, 0.05) is 23.9 Å². The Hall–Kier alpha value is -2.20. The molecule has 0 aliphatic carbocycles. The fourth-order valence-electron chi connectivity index (χ4n) is 1.95. The number of aliphatic imine (C=N–C) groups is 1. The smallest absolute Gasteiger partial charge is 0.183 e. The number of hydrogen-bond acceptors (Lipinski definition) is 4. The van der Waals surface area contributed by atoms with Gasteiger partial charge in [-0.1, -0.05) is 61.2 Å². The van der Waals surface area contributed by atoms with Crippen molar-refractivity contribution >= 4 is 34.5 Å². The highest BCUT2D eigenvalue weighted by atomic mass is 32.1. The topological polar surface area (TPSA) is 37.3 Å². The minimum absolute atomic E-state index is 0.830. The Labute approximate surface area is 129 Å². The van der Waals surface area contributed by atoms with Crippen LogP contribution >= 0.6 is 11.3 Å². The quantitative estimate of drug-likeness (QED) is 0.593. The van der Waals surface area contributed by atoms with Crippen molar-refractivity contribution in [3.05, 3.63) is 59.6 Å². The van der Waals surface area contributed by atoms with Gasteiger partial charge in [-0.15, -0.1) is 0 Å². The van der Waals surface area contributed by atoms with Gasteiger partial charge in [0.2, 0.25) is 0 Å². The molecule has 2 rings (SSSR count). The van der Waals surface area contributed by atoms with Gasteiger partial charge in [0.05, 0.1) is 10.6 Å². The summed E-state index contributed by atoms with van der Waals surface area (Å²) in [6, 6.07) is 10.00. The molecule has 0 unspecified atom stereocenters. The van der Waals surface area contributed by atoms with E-state index in [1.54, 1.807) is 11.3 Å². The third-order valence-electron chi connectivity index (χ3n) is 2.96. The molecule has 21 heavy (non-hydrogen) atoms. The van der Waals surface area contributed by atoms with Crippen LogP contribution in [0.2, 0.25) is 0 Å². The van der Waals surface area contributed by atoms with E-state index in [4.69, 9.17) is 0 Å². The molecule has 0 atom stereocenters. The lowest BCUT2D eigenvalue weighted by Crippen LogP contribution is -1.97. The summed E-state index contributed by atoms with van der Waals surface area (Å²) in [4.78, 5) is 9.63. The zero-order valence-electron chi connectivity index (χ0n) is 12.2. The summed E-state index contributed by atoms with van der Waals surface area (Å²) in [6.45, 7) is 10.7. The number of nitrogens with zero attached hydrogens (tertiary/aromatic N) is 2. The molecule has 0 saturated carbocycles. The number of thiazole rings is 1. The van der Waals surface area contributed by atoms with E-state index in [2.05, 4.69) is 35.5 Å². The Morgan fingerprint density at radius 3 is 2.76 bits per heavy atom. The minimum atomic E-state index is 0.830. The third-order valence-corrected chi connectivity index (χ3v) is 3.95. The normalized spacial score (nSPS) is 11.7. The Morgan fingerprint density at radius 1 is 1.38 bits per heavy atom. The first-order valence-corrected chi connectivity index (χ1v) is 7.70. The van der Waals surface area contributed by atoms with Crippen LogP contribution in [-0.2, 0) is 0 Å². The maximum atomic E-state index is 4.40. The summed E-state index contributed by atoms with van der Waals surface area (Å²) in [5.41, 5.74) is 2.81. The second kappa shape index (κ2) is 7.55. The number of benzene rings is 1. The van der Waals surface area contributed by atoms with E-state index in [9.17, 15) is 0 Å². The summed E-state index contributed by atoms with van der Waals surface area (Å²) >= 11 is 1.60. The summed E-state index contributed by atoms with van der Waals surface area (Å²) in [5.74, 6) is 0. The van der Waals surface area contributed by atoms with E-state index in [0.717, 1.165) is 39.8 Å². The van der Waals surface area contributed by atoms with Crippen LogP contribution in [0.25, 0.3) is 11.3 Å². The van der Waals surface area contributed by atoms with Crippen molar-refractivity contribution in [3.63, 3.8) is 0 Å². The molecule has 0 aliphatic heterocycles. The van der Waals surface area contributed by atoms with Crippen LogP contribution in [0.5, 0.6) is 0 Å². The highest BCUT2D eigenvalue weighted by molar-refractivity contribution is 7.16. The van der Waals surface area contributed by atoms with Crippen molar-refractivity contribution < 1.29 is 0 Å². The molecule has 0 saturated heterocycles. The van der Waals surface area contributed by atoms with E-state index in [0.29, 0.717) is 0 Å². The van der Waals surface area contributed by atoms with Crippen LogP contribution in [0.4, 0.5) is 5.13 Å².